The number of ether oxygens (including phenoxy) is 1. The van der Waals surface area contributed by atoms with Crippen molar-refractivity contribution in [3.05, 3.63) is 107 Å². The Labute approximate surface area is 182 Å². The van der Waals surface area contributed by atoms with Gasteiger partial charge in [0.1, 0.15) is 0 Å². The molecule has 156 valence electrons. The molecule has 2 amide bonds. The van der Waals surface area contributed by atoms with Gasteiger partial charge < -0.3 is 4.74 Å². The van der Waals surface area contributed by atoms with Crippen molar-refractivity contribution in [2.45, 2.75) is 37.3 Å². The topological polar surface area (TPSA) is 46.6 Å². The smallest absolute Gasteiger partial charge is 0.261 e. The van der Waals surface area contributed by atoms with Crippen LogP contribution in [0.4, 0.5) is 0 Å². The zero-order valence-electron chi connectivity index (χ0n) is 17.4. The van der Waals surface area contributed by atoms with Crippen molar-refractivity contribution in [1.29, 1.82) is 0 Å². The van der Waals surface area contributed by atoms with Gasteiger partial charge in [-0.3, -0.25) is 14.5 Å². The molecule has 2 aliphatic rings. The number of hydrogen-bond donors (Lipinski definition) is 0. The summed E-state index contributed by atoms with van der Waals surface area (Å²) in [7, 11) is 0. The maximum Gasteiger partial charge on any atom is 0.261 e. The highest BCUT2D eigenvalue weighted by Crippen LogP contribution is 2.45. The van der Waals surface area contributed by atoms with E-state index in [0.29, 0.717) is 24.3 Å². The molecular weight excluding hydrogens is 386 g/mol. The molecule has 3 aromatic carbocycles. The number of fused-ring (bicyclic) bond motifs is 1. The van der Waals surface area contributed by atoms with E-state index in [1.54, 1.807) is 12.1 Å². The molecular formula is C27H25NO3. The number of carbonyl (C=O) groups is 2. The van der Waals surface area contributed by atoms with E-state index in [-0.39, 0.29) is 23.3 Å². The van der Waals surface area contributed by atoms with Crippen molar-refractivity contribution >= 4 is 11.8 Å². The Morgan fingerprint density at radius 1 is 0.806 bits per heavy atom. The van der Waals surface area contributed by atoms with Gasteiger partial charge >= 0.3 is 0 Å². The van der Waals surface area contributed by atoms with Crippen LogP contribution in [0.2, 0.25) is 0 Å². The Balaban J connectivity index is 1.38. The van der Waals surface area contributed by atoms with E-state index in [0.717, 1.165) is 24.8 Å². The SMILES string of the molecule is O=C1c2ccccc2C(=O)N1C1CCC(COCc2ccccc2)(c2ccccc2)C1. The lowest BCUT2D eigenvalue weighted by atomic mass is 9.79. The molecule has 0 aromatic heterocycles. The van der Waals surface area contributed by atoms with Gasteiger partial charge in [0.25, 0.3) is 11.8 Å². The summed E-state index contributed by atoms with van der Waals surface area (Å²) in [6.07, 6.45) is 2.39. The van der Waals surface area contributed by atoms with Crippen molar-refractivity contribution in [2.75, 3.05) is 6.61 Å². The van der Waals surface area contributed by atoms with Crippen molar-refractivity contribution in [3.63, 3.8) is 0 Å². The molecule has 0 spiro atoms. The predicted octanol–water partition coefficient (Wildman–Crippen LogP) is 4.99. The molecule has 0 saturated heterocycles. The summed E-state index contributed by atoms with van der Waals surface area (Å²) in [6.45, 7) is 1.11. The fraction of sp³-hybridized carbons (Fsp3) is 0.259. The lowest BCUT2D eigenvalue weighted by molar-refractivity contribution is 0.0536. The highest BCUT2D eigenvalue weighted by Gasteiger charge is 2.48. The van der Waals surface area contributed by atoms with E-state index in [4.69, 9.17) is 4.74 Å². The van der Waals surface area contributed by atoms with Crippen LogP contribution in [0.25, 0.3) is 0 Å². The molecule has 1 aliphatic heterocycles. The number of imide groups is 1. The molecule has 1 saturated carbocycles. The number of rotatable bonds is 6. The van der Waals surface area contributed by atoms with Crippen molar-refractivity contribution in [1.82, 2.24) is 4.90 Å². The number of nitrogens with zero attached hydrogens (tertiary/aromatic N) is 1. The molecule has 1 aliphatic carbocycles. The van der Waals surface area contributed by atoms with E-state index < -0.39 is 0 Å². The van der Waals surface area contributed by atoms with Gasteiger partial charge in [0.15, 0.2) is 0 Å². The number of benzene rings is 3. The number of amides is 2. The van der Waals surface area contributed by atoms with Gasteiger partial charge in [-0.2, -0.15) is 0 Å². The van der Waals surface area contributed by atoms with Crippen molar-refractivity contribution in [2.24, 2.45) is 0 Å². The quantitative estimate of drug-likeness (QED) is 0.537. The molecule has 0 radical (unpaired) electrons. The van der Waals surface area contributed by atoms with Crippen LogP contribution < -0.4 is 0 Å². The van der Waals surface area contributed by atoms with Gasteiger partial charge in [-0.25, -0.2) is 0 Å². The minimum absolute atomic E-state index is 0.118. The third-order valence-electron chi connectivity index (χ3n) is 6.65. The largest absolute Gasteiger partial charge is 0.376 e. The highest BCUT2D eigenvalue weighted by molar-refractivity contribution is 6.21. The zero-order chi connectivity index (χ0) is 21.3. The molecule has 1 heterocycles. The normalized spacial score (nSPS) is 22.7. The van der Waals surface area contributed by atoms with Crippen LogP contribution >= 0.6 is 0 Å². The molecule has 4 heteroatoms. The summed E-state index contributed by atoms with van der Waals surface area (Å²) in [5, 5.41) is 0. The summed E-state index contributed by atoms with van der Waals surface area (Å²) in [5.74, 6) is -0.334. The summed E-state index contributed by atoms with van der Waals surface area (Å²) in [5.41, 5.74) is 3.17. The summed E-state index contributed by atoms with van der Waals surface area (Å²) >= 11 is 0. The van der Waals surface area contributed by atoms with Crippen molar-refractivity contribution < 1.29 is 14.3 Å². The van der Waals surface area contributed by atoms with Crippen LogP contribution in [-0.4, -0.2) is 29.4 Å². The van der Waals surface area contributed by atoms with Crippen LogP contribution in [0, 0.1) is 0 Å². The van der Waals surface area contributed by atoms with Gasteiger partial charge in [0, 0.05) is 11.5 Å². The molecule has 0 N–H and O–H groups in total. The first-order valence-corrected chi connectivity index (χ1v) is 10.8. The van der Waals surface area contributed by atoms with Gasteiger partial charge in [0.05, 0.1) is 24.3 Å². The average Bonchev–Trinajstić information content (AvgIpc) is 3.35. The van der Waals surface area contributed by atoms with Crippen LogP contribution in [0.15, 0.2) is 84.9 Å². The minimum atomic E-state index is -0.212. The Bertz CT molecular complexity index is 1060. The van der Waals surface area contributed by atoms with Gasteiger partial charge in [-0.15, -0.1) is 0 Å². The van der Waals surface area contributed by atoms with E-state index >= 15 is 0 Å². The fourth-order valence-corrected chi connectivity index (χ4v) is 5.06. The first-order chi connectivity index (χ1) is 15.2. The molecule has 4 nitrogen and oxygen atoms in total. The third kappa shape index (κ3) is 3.57. The highest BCUT2D eigenvalue weighted by atomic mass is 16.5. The first kappa shape index (κ1) is 19.7. The Kier molecular flexibility index (Phi) is 5.16. The molecule has 5 rings (SSSR count). The lowest BCUT2D eigenvalue weighted by Crippen LogP contribution is -2.40. The third-order valence-corrected chi connectivity index (χ3v) is 6.65. The Morgan fingerprint density at radius 3 is 2.03 bits per heavy atom. The average molecular weight is 412 g/mol. The first-order valence-electron chi connectivity index (χ1n) is 10.8. The maximum absolute atomic E-state index is 13.0. The Morgan fingerprint density at radius 2 is 1.39 bits per heavy atom. The van der Waals surface area contributed by atoms with E-state index in [2.05, 4.69) is 24.3 Å². The van der Waals surface area contributed by atoms with Crippen LogP contribution in [-0.2, 0) is 16.8 Å². The molecule has 3 aromatic rings. The molecule has 0 bridgehead atoms. The summed E-state index contributed by atoms with van der Waals surface area (Å²) in [6, 6.07) is 27.5. The fourth-order valence-electron chi connectivity index (χ4n) is 5.06. The second-order valence-corrected chi connectivity index (χ2v) is 8.55. The maximum atomic E-state index is 13.0. The van der Waals surface area contributed by atoms with Crippen LogP contribution in [0.1, 0.15) is 51.1 Å². The van der Waals surface area contributed by atoms with Crippen LogP contribution in [0.5, 0.6) is 0 Å². The molecule has 1 fully saturated rings. The summed E-state index contributed by atoms with van der Waals surface area (Å²) in [4.78, 5) is 27.5. The standard InChI is InChI=1S/C27H25NO3/c29-25-23-13-7-8-14-24(23)26(30)28(25)22-15-16-27(17-22,21-11-5-2-6-12-21)19-31-18-20-9-3-1-4-10-20/h1-14,22H,15-19H2. The molecule has 2 unspecified atom stereocenters. The Hall–Kier alpha value is -3.24. The minimum Gasteiger partial charge on any atom is -0.376 e. The van der Waals surface area contributed by atoms with Crippen LogP contribution in [0.3, 0.4) is 0 Å². The van der Waals surface area contributed by atoms with Gasteiger partial charge in [0.2, 0.25) is 0 Å². The van der Waals surface area contributed by atoms with E-state index in [9.17, 15) is 9.59 Å². The van der Waals surface area contributed by atoms with Gasteiger partial charge in [-0.1, -0.05) is 72.8 Å². The lowest BCUT2D eigenvalue weighted by Gasteiger charge is -2.31. The van der Waals surface area contributed by atoms with E-state index in [1.165, 1.54) is 10.5 Å². The second kappa shape index (κ2) is 8.12. The summed E-state index contributed by atoms with van der Waals surface area (Å²) < 4.78 is 6.20. The molecule has 31 heavy (non-hydrogen) atoms. The number of hydrogen-bond acceptors (Lipinski definition) is 3. The monoisotopic (exact) mass is 411 g/mol. The predicted molar refractivity (Wildman–Crippen MR) is 119 cm³/mol. The zero-order valence-corrected chi connectivity index (χ0v) is 17.4. The molecule has 2 atom stereocenters. The van der Waals surface area contributed by atoms with E-state index in [1.807, 2.05) is 48.5 Å². The second-order valence-electron chi connectivity index (χ2n) is 8.55. The van der Waals surface area contributed by atoms with Crippen molar-refractivity contribution in [3.8, 4) is 0 Å². The van der Waals surface area contributed by atoms with Gasteiger partial charge in [-0.05, 0) is 42.5 Å². The number of carbonyl (C=O) groups excluding carboxylic acids is 2.